The summed E-state index contributed by atoms with van der Waals surface area (Å²) in [5, 5.41) is 11.8. The number of benzene rings is 2. The largest absolute Gasteiger partial charge is 0.478 e. The molecule has 0 atom stereocenters. The molecule has 7 heteroatoms. The summed E-state index contributed by atoms with van der Waals surface area (Å²) in [5.41, 5.74) is 5.85. The molecule has 0 saturated heterocycles. The molecule has 104 valence electrons. The Hall–Kier alpha value is -1.60. The number of carbonyl (C=O) groups is 1. The smallest absolute Gasteiger partial charge is 0.337 e. The Balaban J connectivity index is 2.43. The maximum Gasteiger partial charge on any atom is 0.337 e. The van der Waals surface area contributed by atoms with E-state index in [1.807, 2.05) is 0 Å². The molecule has 0 aliphatic rings. The van der Waals surface area contributed by atoms with Gasteiger partial charge in [0.15, 0.2) is 0 Å². The van der Waals surface area contributed by atoms with Crippen molar-refractivity contribution >= 4 is 54.9 Å². The van der Waals surface area contributed by atoms with Crippen LogP contribution in [0.5, 0.6) is 0 Å². The second kappa shape index (κ2) is 5.80. The summed E-state index contributed by atoms with van der Waals surface area (Å²) >= 11 is 6.65. The molecule has 0 spiro atoms. The third-order valence-corrected chi connectivity index (χ3v) is 3.72. The van der Waals surface area contributed by atoms with Crippen molar-refractivity contribution in [1.82, 2.24) is 0 Å². The van der Waals surface area contributed by atoms with Gasteiger partial charge >= 0.3 is 5.97 Å². The van der Waals surface area contributed by atoms with Crippen LogP contribution < -0.4 is 11.1 Å². The summed E-state index contributed by atoms with van der Waals surface area (Å²) in [6, 6.07) is 7.44. The highest BCUT2D eigenvalue weighted by Crippen LogP contribution is 2.31. The lowest BCUT2D eigenvalue weighted by molar-refractivity contribution is 0.0698. The first-order valence-corrected chi connectivity index (χ1v) is 7.01. The number of nitrogen functional groups attached to an aromatic ring is 1. The number of halogens is 3. The number of hydrogen-bond donors (Lipinski definition) is 3. The second-order valence-electron chi connectivity index (χ2n) is 3.97. The number of rotatable bonds is 3. The first-order chi connectivity index (χ1) is 9.38. The Labute approximate surface area is 131 Å². The average Bonchev–Trinajstić information content (AvgIpc) is 2.35. The molecule has 2 rings (SSSR count). The highest BCUT2D eigenvalue weighted by atomic mass is 79.9. The summed E-state index contributed by atoms with van der Waals surface area (Å²) < 4.78 is 15.4. The van der Waals surface area contributed by atoms with Crippen molar-refractivity contribution in [2.24, 2.45) is 0 Å². The molecule has 0 radical (unpaired) electrons. The fraction of sp³-hybridized carbons (Fsp3) is 0. The maximum absolute atomic E-state index is 13.8. The Kier molecular flexibility index (Phi) is 4.29. The van der Waals surface area contributed by atoms with Gasteiger partial charge in [-0.25, -0.2) is 9.18 Å². The van der Waals surface area contributed by atoms with Crippen molar-refractivity contribution in [3.05, 3.63) is 50.7 Å². The zero-order chi connectivity index (χ0) is 14.9. The van der Waals surface area contributed by atoms with Gasteiger partial charge in [-0.05, 0) is 46.3 Å². The van der Waals surface area contributed by atoms with Crippen LogP contribution in [-0.4, -0.2) is 11.1 Å². The minimum absolute atomic E-state index is 0.0413. The average molecular weight is 404 g/mol. The van der Waals surface area contributed by atoms with Gasteiger partial charge < -0.3 is 16.2 Å². The van der Waals surface area contributed by atoms with E-state index in [2.05, 4.69) is 37.2 Å². The Morgan fingerprint density at radius 1 is 1.20 bits per heavy atom. The zero-order valence-corrected chi connectivity index (χ0v) is 13.1. The number of hydrogen-bond acceptors (Lipinski definition) is 3. The molecule has 20 heavy (non-hydrogen) atoms. The molecular formula is C13H9Br2FN2O2. The van der Waals surface area contributed by atoms with E-state index in [-0.39, 0.29) is 16.9 Å². The van der Waals surface area contributed by atoms with Gasteiger partial charge in [0.1, 0.15) is 5.82 Å². The molecule has 0 aromatic heterocycles. The second-order valence-corrected chi connectivity index (χ2v) is 5.74. The predicted molar refractivity (Wildman–Crippen MR) is 82.9 cm³/mol. The topological polar surface area (TPSA) is 75.3 Å². The van der Waals surface area contributed by atoms with Gasteiger partial charge in [-0.1, -0.05) is 15.9 Å². The van der Waals surface area contributed by atoms with Crippen LogP contribution in [0.4, 0.5) is 21.5 Å². The number of nitrogens with one attached hydrogen (secondary N) is 1. The summed E-state index contributed by atoms with van der Waals surface area (Å²) in [6.45, 7) is 0. The summed E-state index contributed by atoms with van der Waals surface area (Å²) in [6.07, 6.45) is 0. The van der Waals surface area contributed by atoms with E-state index in [4.69, 9.17) is 10.8 Å². The van der Waals surface area contributed by atoms with E-state index in [0.717, 1.165) is 10.5 Å². The Morgan fingerprint density at radius 2 is 1.90 bits per heavy atom. The van der Waals surface area contributed by atoms with Crippen LogP contribution in [-0.2, 0) is 0 Å². The van der Waals surface area contributed by atoms with Crippen LogP contribution in [0, 0.1) is 5.82 Å². The van der Waals surface area contributed by atoms with Gasteiger partial charge in [0.05, 0.1) is 16.9 Å². The van der Waals surface area contributed by atoms with E-state index in [9.17, 15) is 9.18 Å². The van der Waals surface area contributed by atoms with Gasteiger partial charge in [-0.2, -0.15) is 0 Å². The van der Waals surface area contributed by atoms with Crippen molar-refractivity contribution in [2.45, 2.75) is 0 Å². The standard InChI is InChI=1S/C13H9Br2FN2O2/c14-6-1-2-11(8(15)3-6)18-12-4-7(13(19)20)10(17)5-9(12)16/h1-5,18H,17H2,(H,19,20). The summed E-state index contributed by atoms with van der Waals surface area (Å²) in [7, 11) is 0. The minimum Gasteiger partial charge on any atom is -0.478 e. The van der Waals surface area contributed by atoms with Crippen molar-refractivity contribution in [3.8, 4) is 0 Å². The molecule has 0 aliphatic heterocycles. The quantitative estimate of drug-likeness (QED) is 0.665. The monoisotopic (exact) mass is 402 g/mol. The van der Waals surface area contributed by atoms with Crippen LogP contribution in [0.15, 0.2) is 39.3 Å². The number of anilines is 3. The van der Waals surface area contributed by atoms with Crippen molar-refractivity contribution in [3.63, 3.8) is 0 Å². The number of nitrogens with two attached hydrogens (primary N) is 1. The lowest BCUT2D eigenvalue weighted by Crippen LogP contribution is -2.05. The molecule has 0 fully saturated rings. The van der Waals surface area contributed by atoms with Crippen molar-refractivity contribution in [2.75, 3.05) is 11.1 Å². The van der Waals surface area contributed by atoms with E-state index >= 15 is 0 Å². The minimum atomic E-state index is -1.21. The van der Waals surface area contributed by atoms with Crippen molar-refractivity contribution in [1.29, 1.82) is 0 Å². The lowest BCUT2D eigenvalue weighted by atomic mass is 10.1. The molecule has 4 N–H and O–H groups in total. The van der Waals surface area contributed by atoms with Crippen LogP contribution in [0.1, 0.15) is 10.4 Å². The summed E-state index contributed by atoms with van der Waals surface area (Å²) in [5.74, 6) is -1.83. The number of carboxylic acids is 1. The molecule has 0 unspecified atom stereocenters. The highest BCUT2D eigenvalue weighted by molar-refractivity contribution is 9.11. The van der Waals surface area contributed by atoms with Gasteiger partial charge in [0, 0.05) is 14.6 Å². The molecule has 0 heterocycles. The van der Waals surface area contributed by atoms with Crippen LogP contribution in [0.25, 0.3) is 0 Å². The van der Waals surface area contributed by atoms with Gasteiger partial charge in [-0.3, -0.25) is 0 Å². The lowest BCUT2D eigenvalue weighted by Gasteiger charge is -2.12. The molecule has 0 aliphatic carbocycles. The predicted octanol–water partition coefficient (Wildman–Crippen LogP) is 4.37. The number of carboxylic acid groups (broad SMARTS) is 1. The van der Waals surface area contributed by atoms with E-state index in [1.165, 1.54) is 6.07 Å². The first-order valence-electron chi connectivity index (χ1n) is 5.43. The van der Waals surface area contributed by atoms with Crippen LogP contribution >= 0.6 is 31.9 Å². The molecule has 0 bridgehead atoms. The maximum atomic E-state index is 13.8. The fourth-order valence-electron chi connectivity index (χ4n) is 1.61. The highest BCUT2D eigenvalue weighted by Gasteiger charge is 2.14. The van der Waals surface area contributed by atoms with Gasteiger partial charge in [0.2, 0.25) is 0 Å². The molecule has 2 aromatic rings. The molecule has 0 amide bonds. The number of aromatic carboxylic acids is 1. The van der Waals surface area contributed by atoms with E-state index in [0.29, 0.717) is 10.2 Å². The van der Waals surface area contributed by atoms with E-state index < -0.39 is 11.8 Å². The Bertz CT molecular complexity index is 692. The summed E-state index contributed by atoms with van der Waals surface area (Å²) in [4.78, 5) is 11.0. The van der Waals surface area contributed by atoms with Crippen LogP contribution in [0.2, 0.25) is 0 Å². The van der Waals surface area contributed by atoms with Gasteiger partial charge in [-0.15, -0.1) is 0 Å². The molecule has 4 nitrogen and oxygen atoms in total. The molecule has 0 saturated carbocycles. The fourth-order valence-corrected chi connectivity index (χ4v) is 2.75. The normalized spacial score (nSPS) is 10.3. The van der Waals surface area contributed by atoms with Crippen LogP contribution in [0.3, 0.4) is 0 Å². The first kappa shape index (κ1) is 14.8. The van der Waals surface area contributed by atoms with Crippen molar-refractivity contribution < 1.29 is 14.3 Å². The molecule has 2 aromatic carbocycles. The third-order valence-electron chi connectivity index (χ3n) is 2.57. The third kappa shape index (κ3) is 3.10. The Morgan fingerprint density at radius 3 is 2.50 bits per heavy atom. The van der Waals surface area contributed by atoms with Gasteiger partial charge in [0.25, 0.3) is 0 Å². The van der Waals surface area contributed by atoms with E-state index in [1.54, 1.807) is 18.2 Å². The molecular weight excluding hydrogens is 395 g/mol. The zero-order valence-electron chi connectivity index (χ0n) is 9.95. The SMILES string of the molecule is Nc1cc(F)c(Nc2ccc(Br)cc2Br)cc1C(=O)O.